The maximum atomic E-state index is 3.37. The molecule has 0 aromatic heterocycles. The van der Waals surface area contributed by atoms with Gasteiger partial charge in [-0.3, -0.25) is 0 Å². The molecule has 0 saturated heterocycles. The van der Waals surface area contributed by atoms with Gasteiger partial charge in [-0.25, -0.2) is 0 Å². The number of unbranched alkanes of at least 4 members (excludes halogenated alkanes) is 1. The highest BCUT2D eigenvalue weighted by molar-refractivity contribution is 7.13. The quantitative estimate of drug-likeness (QED) is 0.433. The summed E-state index contributed by atoms with van der Waals surface area (Å²) in [5.41, 5.74) is 0. The van der Waals surface area contributed by atoms with Crippen LogP contribution in [0.15, 0.2) is 0 Å². The van der Waals surface area contributed by atoms with E-state index < -0.39 is 0 Å². The molecule has 0 spiro atoms. The van der Waals surface area contributed by atoms with Crippen molar-refractivity contribution in [2.24, 2.45) is 0 Å². The van der Waals surface area contributed by atoms with Crippen LogP contribution >= 0.6 is 9.39 Å². The molecule has 0 aliphatic carbocycles. The second-order valence-corrected chi connectivity index (χ2v) is 2.82. The van der Waals surface area contributed by atoms with E-state index in [4.69, 9.17) is 0 Å². The molecule has 2 N–H and O–H groups in total. The Bertz CT molecular complexity index is 51.6. The van der Waals surface area contributed by atoms with Crippen LogP contribution in [0.25, 0.3) is 0 Å². The molecule has 0 fully saturated rings. The van der Waals surface area contributed by atoms with E-state index in [-0.39, 0.29) is 0 Å². The highest BCUT2D eigenvalue weighted by atomic mass is 31.0. The Kier molecular flexibility index (Phi) is 9.68. The molecule has 1 atom stereocenters. The largest absolute Gasteiger partial charge is 0.317 e. The molecular formula is C7H19N2P. The van der Waals surface area contributed by atoms with Crippen LogP contribution in [0.3, 0.4) is 0 Å². The summed E-state index contributed by atoms with van der Waals surface area (Å²) in [5.74, 6) is 0. The summed E-state index contributed by atoms with van der Waals surface area (Å²) < 4.78 is 0. The normalized spacial score (nSPS) is 10.2. The second kappa shape index (κ2) is 9.35. The highest BCUT2D eigenvalue weighted by Crippen LogP contribution is 1.82. The Morgan fingerprint density at radius 1 is 1.10 bits per heavy atom. The van der Waals surface area contributed by atoms with Gasteiger partial charge in [0.2, 0.25) is 0 Å². The molecule has 3 heteroatoms. The number of rotatable bonds is 7. The average molecular weight is 162 g/mol. The molecule has 0 aromatic carbocycles. The van der Waals surface area contributed by atoms with Gasteiger partial charge in [0.15, 0.2) is 0 Å². The third kappa shape index (κ3) is 8.35. The first-order valence-electron chi connectivity index (χ1n) is 4.06. The Morgan fingerprint density at radius 3 is 2.40 bits per heavy atom. The summed E-state index contributed by atoms with van der Waals surface area (Å²) in [6.45, 7) is 5.62. The standard InChI is InChI=1S/C7H19N2P/c1-2-3-5-8-6-4-7-9-10/h8-9H,2-7,10H2,1H3. The highest BCUT2D eigenvalue weighted by Gasteiger charge is 1.84. The van der Waals surface area contributed by atoms with Crippen LogP contribution in [0.5, 0.6) is 0 Å². The summed E-state index contributed by atoms with van der Waals surface area (Å²) in [4.78, 5) is 0. The molecule has 0 aliphatic heterocycles. The molecule has 0 saturated carbocycles. The van der Waals surface area contributed by atoms with Crippen molar-refractivity contribution in [3.8, 4) is 0 Å². The van der Waals surface area contributed by atoms with E-state index in [9.17, 15) is 0 Å². The van der Waals surface area contributed by atoms with E-state index in [2.05, 4.69) is 26.7 Å². The van der Waals surface area contributed by atoms with Crippen LogP contribution in [0, 0.1) is 0 Å². The molecule has 0 aromatic rings. The lowest BCUT2D eigenvalue weighted by Gasteiger charge is -2.01. The van der Waals surface area contributed by atoms with Gasteiger partial charge in [-0.2, -0.15) is 0 Å². The first-order valence-corrected chi connectivity index (χ1v) is 4.63. The third-order valence-electron chi connectivity index (χ3n) is 1.38. The number of hydrogen-bond acceptors (Lipinski definition) is 2. The van der Waals surface area contributed by atoms with Gasteiger partial charge in [-0.05, 0) is 32.5 Å². The van der Waals surface area contributed by atoms with Crippen molar-refractivity contribution in [3.63, 3.8) is 0 Å². The van der Waals surface area contributed by atoms with Gasteiger partial charge >= 0.3 is 0 Å². The van der Waals surface area contributed by atoms with Crippen LogP contribution in [-0.2, 0) is 0 Å². The van der Waals surface area contributed by atoms with Crippen molar-refractivity contribution >= 4 is 9.39 Å². The molecule has 62 valence electrons. The van der Waals surface area contributed by atoms with E-state index in [1.165, 1.54) is 25.8 Å². The van der Waals surface area contributed by atoms with Gasteiger partial charge in [0.25, 0.3) is 0 Å². The van der Waals surface area contributed by atoms with Crippen LogP contribution in [0.2, 0.25) is 0 Å². The van der Waals surface area contributed by atoms with E-state index in [0.29, 0.717) is 0 Å². The maximum Gasteiger partial charge on any atom is -0.000234 e. The summed E-state index contributed by atoms with van der Waals surface area (Å²) >= 11 is 0. The van der Waals surface area contributed by atoms with E-state index >= 15 is 0 Å². The zero-order valence-corrected chi connectivity index (χ0v) is 7.97. The number of nitrogens with one attached hydrogen (secondary N) is 2. The molecule has 1 unspecified atom stereocenters. The topological polar surface area (TPSA) is 24.1 Å². The van der Waals surface area contributed by atoms with Crippen molar-refractivity contribution in [1.82, 2.24) is 10.4 Å². The molecule has 0 rings (SSSR count). The van der Waals surface area contributed by atoms with Gasteiger partial charge in [-0.15, -0.1) is 0 Å². The molecule has 10 heavy (non-hydrogen) atoms. The molecule has 2 nitrogen and oxygen atoms in total. The lowest BCUT2D eigenvalue weighted by Crippen LogP contribution is -2.19. The first kappa shape index (κ1) is 10.3. The van der Waals surface area contributed by atoms with Crippen molar-refractivity contribution in [1.29, 1.82) is 0 Å². The fourth-order valence-electron chi connectivity index (χ4n) is 0.742. The molecule has 0 heterocycles. The summed E-state index contributed by atoms with van der Waals surface area (Å²) in [6, 6.07) is 0. The minimum Gasteiger partial charge on any atom is -0.317 e. The Balaban J connectivity index is 2.65. The SMILES string of the molecule is CCCCNCCCNP. The zero-order valence-electron chi connectivity index (χ0n) is 6.82. The van der Waals surface area contributed by atoms with E-state index in [1.54, 1.807) is 0 Å². The summed E-state index contributed by atoms with van der Waals surface area (Å²) in [7, 11) is 2.51. The predicted octanol–water partition coefficient (Wildman–Crippen LogP) is 1.15. The van der Waals surface area contributed by atoms with Gasteiger partial charge in [0, 0.05) is 0 Å². The third-order valence-corrected chi connectivity index (χ3v) is 1.67. The Labute approximate surface area is 66.4 Å². The van der Waals surface area contributed by atoms with Crippen LogP contribution in [-0.4, -0.2) is 19.6 Å². The van der Waals surface area contributed by atoms with Crippen LogP contribution < -0.4 is 10.4 Å². The van der Waals surface area contributed by atoms with Crippen molar-refractivity contribution < 1.29 is 0 Å². The lowest BCUT2D eigenvalue weighted by atomic mass is 10.3. The lowest BCUT2D eigenvalue weighted by molar-refractivity contribution is 0.615. The monoisotopic (exact) mass is 162 g/mol. The second-order valence-electron chi connectivity index (χ2n) is 2.41. The van der Waals surface area contributed by atoms with Crippen LogP contribution in [0.1, 0.15) is 26.2 Å². The summed E-state index contributed by atoms with van der Waals surface area (Å²) in [5, 5.41) is 6.41. The Hall–Kier alpha value is 0.350. The fourth-order valence-corrected chi connectivity index (χ4v) is 0.946. The van der Waals surface area contributed by atoms with E-state index in [0.717, 1.165) is 13.1 Å². The molecular weight excluding hydrogens is 143 g/mol. The van der Waals surface area contributed by atoms with Gasteiger partial charge < -0.3 is 10.4 Å². The summed E-state index contributed by atoms with van der Waals surface area (Å²) in [6.07, 6.45) is 3.80. The molecule has 0 bridgehead atoms. The van der Waals surface area contributed by atoms with Crippen molar-refractivity contribution in [2.45, 2.75) is 26.2 Å². The Morgan fingerprint density at radius 2 is 1.80 bits per heavy atom. The average Bonchev–Trinajstić information content (AvgIpc) is 1.97. The molecule has 0 aliphatic rings. The maximum absolute atomic E-state index is 3.37. The molecule has 0 radical (unpaired) electrons. The predicted molar refractivity (Wildman–Crippen MR) is 50.1 cm³/mol. The minimum absolute atomic E-state index is 1.09. The van der Waals surface area contributed by atoms with Crippen LogP contribution in [0.4, 0.5) is 0 Å². The van der Waals surface area contributed by atoms with Gasteiger partial charge in [0.05, 0.1) is 0 Å². The van der Waals surface area contributed by atoms with Gasteiger partial charge in [0.1, 0.15) is 0 Å². The van der Waals surface area contributed by atoms with E-state index in [1.807, 2.05) is 0 Å². The number of hydrogen-bond donors (Lipinski definition) is 2. The first-order chi connectivity index (χ1) is 4.91. The van der Waals surface area contributed by atoms with Crippen molar-refractivity contribution in [3.05, 3.63) is 0 Å². The molecule has 0 amide bonds. The minimum atomic E-state index is 1.09. The van der Waals surface area contributed by atoms with Gasteiger partial charge in [-0.1, -0.05) is 22.7 Å². The fraction of sp³-hybridized carbons (Fsp3) is 1.00. The van der Waals surface area contributed by atoms with Crippen molar-refractivity contribution in [2.75, 3.05) is 19.6 Å². The smallest absolute Gasteiger partial charge is 0.000234 e. The zero-order chi connectivity index (χ0) is 7.66.